The maximum Gasteiger partial charge on any atom is -0.00958 e. The van der Waals surface area contributed by atoms with Crippen LogP contribution < -0.4 is 0 Å². The molecule has 0 amide bonds. The lowest BCUT2D eigenvalue weighted by atomic mass is 9.79. The maximum absolute atomic E-state index is 2.39. The Morgan fingerprint density at radius 1 is 0.368 bits per heavy atom. The Morgan fingerprint density at radius 2 is 0.921 bits per heavy atom. The second kappa shape index (κ2) is 8.57. The second-order valence-electron chi connectivity index (χ2n) is 11.4. The third-order valence-corrected chi connectivity index (χ3v) is 7.95. The molecule has 0 spiro atoms. The van der Waals surface area contributed by atoms with Crippen molar-refractivity contribution in [3.05, 3.63) is 133 Å². The van der Waals surface area contributed by atoms with Crippen molar-refractivity contribution in [2.45, 2.75) is 26.2 Å². The van der Waals surface area contributed by atoms with Gasteiger partial charge in [-0.05, 0) is 82.4 Å². The molecule has 0 bridgehead atoms. The molecule has 0 radical (unpaired) electrons. The van der Waals surface area contributed by atoms with Gasteiger partial charge in [-0.3, -0.25) is 0 Å². The average Bonchev–Trinajstić information content (AvgIpc) is 2.95. The molecule has 0 N–H and O–H groups in total. The summed E-state index contributed by atoms with van der Waals surface area (Å²) in [6, 6.07) is 46.9. The lowest BCUT2D eigenvalue weighted by Gasteiger charge is -2.25. The van der Waals surface area contributed by atoms with Crippen molar-refractivity contribution >= 4 is 43.1 Å². The van der Waals surface area contributed by atoms with Crippen molar-refractivity contribution in [3.63, 3.8) is 0 Å². The Kier molecular flexibility index (Phi) is 5.13. The van der Waals surface area contributed by atoms with Gasteiger partial charge < -0.3 is 0 Å². The molecule has 0 heterocycles. The van der Waals surface area contributed by atoms with Crippen LogP contribution in [0.25, 0.3) is 65.3 Å². The van der Waals surface area contributed by atoms with E-state index < -0.39 is 0 Å². The Bertz CT molecular complexity index is 1990. The molecule has 0 aliphatic heterocycles. The molecule has 0 nitrogen and oxygen atoms in total. The van der Waals surface area contributed by atoms with Crippen molar-refractivity contribution in [2.75, 3.05) is 0 Å². The van der Waals surface area contributed by atoms with Gasteiger partial charge in [-0.2, -0.15) is 0 Å². The molecule has 0 atom stereocenters. The van der Waals surface area contributed by atoms with E-state index in [9.17, 15) is 0 Å². The summed E-state index contributed by atoms with van der Waals surface area (Å²) in [5.41, 5.74) is 6.55. The van der Waals surface area contributed by atoms with E-state index in [1.807, 2.05) is 0 Å². The average molecular weight is 487 g/mol. The van der Waals surface area contributed by atoms with Crippen LogP contribution in [0.2, 0.25) is 0 Å². The number of rotatable bonds is 2. The fourth-order valence-electron chi connectivity index (χ4n) is 6.35. The molecule has 182 valence electrons. The van der Waals surface area contributed by atoms with Gasteiger partial charge in [0.1, 0.15) is 0 Å². The molecule has 0 saturated carbocycles. The topological polar surface area (TPSA) is 0 Å². The van der Waals surface area contributed by atoms with Gasteiger partial charge in [0.15, 0.2) is 0 Å². The molecular weight excluding hydrogens is 456 g/mol. The van der Waals surface area contributed by atoms with E-state index >= 15 is 0 Å². The van der Waals surface area contributed by atoms with Crippen LogP contribution in [-0.4, -0.2) is 0 Å². The summed E-state index contributed by atoms with van der Waals surface area (Å²) in [6.07, 6.45) is 0. The van der Waals surface area contributed by atoms with Crippen LogP contribution in [0.4, 0.5) is 0 Å². The van der Waals surface area contributed by atoms with Crippen LogP contribution in [0.15, 0.2) is 127 Å². The third-order valence-electron chi connectivity index (χ3n) is 7.95. The molecular formula is C38H30. The zero-order valence-electron chi connectivity index (χ0n) is 22.1. The molecule has 7 rings (SSSR count). The standard InChI is InChI=1S/C38H30/c1-38(2,3)37-28-15-8-7-14-26(28)24-36-32-19-11-18-31(34(32)22-23-35(36)37)33-21-20-27(25-12-5-4-6-13-25)29-16-9-10-17-30(29)33/h4-24H,1-3H3. The predicted molar refractivity (Wildman–Crippen MR) is 166 cm³/mol. The van der Waals surface area contributed by atoms with E-state index in [1.165, 1.54) is 70.9 Å². The Balaban J connectivity index is 1.54. The van der Waals surface area contributed by atoms with Crippen molar-refractivity contribution in [2.24, 2.45) is 0 Å². The summed E-state index contributed by atoms with van der Waals surface area (Å²) in [6.45, 7) is 6.99. The Hall–Kier alpha value is -4.42. The highest BCUT2D eigenvalue weighted by Gasteiger charge is 2.21. The first-order chi connectivity index (χ1) is 18.5. The minimum Gasteiger partial charge on any atom is -0.0622 e. The number of hydrogen-bond donors (Lipinski definition) is 0. The van der Waals surface area contributed by atoms with Gasteiger partial charge in [0.05, 0.1) is 0 Å². The molecule has 7 aromatic carbocycles. The van der Waals surface area contributed by atoms with Gasteiger partial charge >= 0.3 is 0 Å². The van der Waals surface area contributed by atoms with Crippen molar-refractivity contribution < 1.29 is 0 Å². The van der Waals surface area contributed by atoms with E-state index in [2.05, 4.69) is 148 Å². The van der Waals surface area contributed by atoms with Crippen molar-refractivity contribution in [1.29, 1.82) is 0 Å². The van der Waals surface area contributed by atoms with Crippen LogP contribution in [-0.2, 0) is 5.41 Å². The lowest BCUT2D eigenvalue weighted by Crippen LogP contribution is -2.12. The van der Waals surface area contributed by atoms with E-state index in [4.69, 9.17) is 0 Å². The largest absolute Gasteiger partial charge is 0.0622 e. The molecule has 38 heavy (non-hydrogen) atoms. The molecule has 0 fully saturated rings. The molecule has 0 unspecified atom stereocenters. The number of fused-ring (bicyclic) bond motifs is 5. The van der Waals surface area contributed by atoms with Crippen LogP contribution in [0.3, 0.4) is 0 Å². The highest BCUT2D eigenvalue weighted by molar-refractivity contribution is 6.19. The summed E-state index contributed by atoms with van der Waals surface area (Å²) in [7, 11) is 0. The summed E-state index contributed by atoms with van der Waals surface area (Å²) < 4.78 is 0. The molecule has 7 aromatic rings. The smallest absolute Gasteiger partial charge is 0.00958 e. The molecule has 0 aliphatic rings. The van der Waals surface area contributed by atoms with Crippen LogP contribution in [0, 0.1) is 0 Å². The van der Waals surface area contributed by atoms with Gasteiger partial charge in [0, 0.05) is 0 Å². The zero-order chi connectivity index (χ0) is 25.9. The zero-order valence-corrected chi connectivity index (χ0v) is 22.1. The van der Waals surface area contributed by atoms with E-state index in [0.29, 0.717) is 0 Å². The minimum atomic E-state index is 0.0356. The summed E-state index contributed by atoms with van der Waals surface area (Å²) in [4.78, 5) is 0. The fraction of sp³-hybridized carbons (Fsp3) is 0.105. The highest BCUT2D eigenvalue weighted by Crippen LogP contribution is 2.43. The third kappa shape index (κ3) is 3.52. The highest BCUT2D eigenvalue weighted by atomic mass is 14.3. The van der Waals surface area contributed by atoms with E-state index in [-0.39, 0.29) is 5.41 Å². The summed E-state index contributed by atoms with van der Waals surface area (Å²) in [5, 5.41) is 10.5. The molecule has 0 aromatic heterocycles. The first kappa shape index (κ1) is 22.8. The lowest BCUT2D eigenvalue weighted by molar-refractivity contribution is 0.601. The van der Waals surface area contributed by atoms with Crippen LogP contribution in [0.5, 0.6) is 0 Å². The summed E-state index contributed by atoms with van der Waals surface area (Å²) >= 11 is 0. The van der Waals surface area contributed by atoms with E-state index in [1.54, 1.807) is 0 Å². The monoisotopic (exact) mass is 486 g/mol. The number of hydrogen-bond acceptors (Lipinski definition) is 0. The normalized spacial score (nSPS) is 12.1. The van der Waals surface area contributed by atoms with Gasteiger partial charge in [-0.15, -0.1) is 0 Å². The molecule has 0 heteroatoms. The molecule has 0 aliphatic carbocycles. The van der Waals surface area contributed by atoms with Gasteiger partial charge in [0.2, 0.25) is 0 Å². The Morgan fingerprint density at radius 3 is 1.68 bits per heavy atom. The first-order valence-corrected chi connectivity index (χ1v) is 13.5. The minimum absolute atomic E-state index is 0.0356. The van der Waals surface area contributed by atoms with Gasteiger partial charge in [-0.1, -0.05) is 142 Å². The molecule has 0 saturated heterocycles. The van der Waals surface area contributed by atoms with Gasteiger partial charge in [-0.25, -0.2) is 0 Å². The van der Waals surface area contributed by atoms with E-state index in [0.717, 1.165) is 0 Å². The Labute approximate surface area is 224 Å². The SMILES string of the molecule is CC(C)(C)c1c2ccccc2cc2c1ccc1c(-c3ccc(-c4ccccc4)c4ccccc34)cccc12. The van der Waals surface area contributed by atoms with Crippen LogP contribution >= 0.6 is 0 Å². The van der Waals surface area contributed by atoms with Crippen molar-refractivity contribution in [3.8, 4) is 22.3 Å². The first-order valence-electron chi connectivity index (χ1n) is 13.5. The maximum atomic E-state index is 2.39. The summed E-state index contributed by atoms with van der Waals surface area (Å²) in [5.74, 6) is 0. The fourth-order valence-corrected chi connectivity index (χ4v) is 6.35. The quantitative estimate of drug-likeness (QED) is 0.168. The van der Waals surface area contributed by atoms with Crippen LogP contribution in [0.1, 0.15) is 26.3 Å². The van der Waals surface area contributed by atoms with Gasteiger partial charge in [0.25, 0.3) is 0 Å². The number of benzene rings is 7. The predicted octanol–water partition coefficient (Wildman–Crippen LogP) is 10.9. The second-order valence-corrected chi connectivity index (χ2v) is 11.4. The van der Waals surface area contributed by atoms with Crippen molar-refractivity contribution in [1.82, 2.24) is 0 Å².